The molecule has 1 atom stereocenters. The summed E-state index contributed by atoms with van der Waals surface area (Å²) < 4.78 is 24.5. The second kappa shape index (κ2) is 4.59. The summed E-state index contributed by atoms with van der Waals surface area (Å²) in [6.07, 6.45) is 3.51. The summed E-state index contributed by atoms with van der Waals surface area (Å²) in [7, 11) is -3.06. The molecule has 1 saturated heterocycles. The zero-order valence-electron chi connectivity index (χ0n) is 9.16. The summed E-state index contributed by atoms with van der Waals surface area (Å²) in [4.78, 5) is 0. The Morgan fingerprint density at radius 1 is 1.50 bits per heavy atom. The molecular weight excluding hydrogens is 200 g/mol. The first kappa shape index (κ1) is 11.9. The van der Waals surface area contributed by atoms with Crippen molar-refractivity contribution in [3.8, 4) is 0 Å². The van der Waals surface area contributed by atoms with Gasteiger partial charge in [0.1, 0.15) is 0 Å². The number of sulfonamides is 1. The molecule has 0 aromatic carbocycles. The van der Waals surface area contributed by atoms with Crippen molar-refractivity contribution in [3.63, 3.8) is 0 Å². The predicted octanol–water partition coefficient (Wildman–Crippen LogP) is 0.408. The van der Waals surface area contributed by atoms with Crippen molar-refractivity contribution in [3.05, 3.63) is 0 Å². The van der Waals surface area contributed by atoms with E-state index in [2.05, 4.69) is 5.32 Å². The lowest BCUT2D eigenvalue weighted by Crippen LogP contribution is -2.44. The Bertz CT molecular complexity index is 269. The zero-order chi connectivity index (χ0) is 10.8. The maximum atomic E-state index is 11.5. The van der Waals surface area contributed by atoms with E-state index < -0.39 is 10.0 Å². The Kier molecular flexibility index (Phi) is 3.92. The third kappa shape index (κ3) is 3.22. The van der Waals surface area contributed by atoms with Crippen LogP contribution < -0.4 is 5.32 Å². The zero-order valence-corrected chi connectivity index (χ0v) is 9.97. The van der Waals surface area contributed by atoms with Crippen molar-refractivity contribution in [2.75, 3.05) is 19.3 Å². The van der Waals surface area contributed by atoms with Crippen LogP contribution in [-0.2, 0) is 10.0 Å². The molecule has 0 amide bonds. The molecule has 14 heavy (non-hydrogen) atoms. The third-order valence-corrected chi connectivity index (χ3v) is 3.99. The fourth-order valence-electron chi connectivity index (χ4n) is 1.86. The molecule has 0 radical (unpaired) electrons. The minimum Gasteiger partial charge on any atom is -0.313 e. The number of nitrogens with zero attached hydrogens (tertiary/aromatic N) is 1. The maximum Gasteiger partial charge on any atom is 0.211 e. The molecule has 5 heteroatoms. The first-order chi connectivity index (χ1) is 6.41. The van der Waals surface area contributed by atoms with Gasteiger partial charge in [-0.2, -0.15) is 4.31 Å². The van der Waals surface area contributed by atoms with Gasteiger partial charge in [0.25, 0.3) is 0 Å². The fraction of sp³-hybridized carbons (Fsp3) is 1.00. The minimum absolute atomic E-state index is 0.0485. The molecule has 0 bridgehead atoms. The number of rotatable bonds is 4. The van der Waals surface area contributed by atoms with Crippen LogP contribution in [0.1, 0.15) is 26.7 Å². The van der Waals surface area contributed by atoms with Crippen LogP contribution in [0.2, 0.25) is 0 Å². The van der Waals surface area contributed by atoms with Gasteiger partial charge in [-0.3, -0.25) is 0 Å². The van der Waals surface area contributed by atoms with E-state index >= 15 is 0 Å². The third-order valence-electron chi connectivity index (χ3n) is 2.56. The van der Waals surface area contributed by atoms with E-state index in [4.69, 9.17) is 0 Å². The molecule has 0 spiro atoms. The summed E-state index contributed by atoms with van der Waals surface area (Å²) in [6.45, 7) is 5.45. The number of hydrogen-bond acceptors (Lipinski definition) is 3. The highest BCUT2D eigenvalue weighted by molar-refractivity contribution is 7.88. The standard InChI is InChI=1S/C9H20N2O2S/c1-8(2)11(14(3,12)13)7-9-5-4-6-10-9/h8-10H,4-7H2,1-3H3. The smallest absolute Gasteiger partial charge is 0.211 e. The summed E-state index contributed by atoms with van der Waals surface area (Å²) in [5.74, 6) is 0. The van der Waals surface area contributed by atoms with E-state index in [0.717, 1.165) is 19.4 Å². The summed E-state index contributed by atoms with van der Waals surface area (Å²) >= 11 is 0. The van der Waals surface area contributed by atoms with Crippen LogP contribution >= 0.6 is 0 Å². The van der Waals surface area contributed by atoms with Gasteiger partial charge in [0.2, 0.25) is 10.0 Å². The normalized spacial score (nSPS) is 23.6. The van der Waals surface area contributed by atoms with Gasteiger partial charge < -0.3 is 5.32 Å². The molecule has 0 aliphatic carbocycles. The van der Waals surface area contributed by atoms with Crippen molar-refractivity contribution in [1.29, 1.82) is 0 Å². The largest absolute Gasteiger partial charge is 0.313 e. The molecule has 0 aromatic heterocycles. The first-order valence-corrected chi connectivity index (χ1v) is 6.96. The van der Waals surface area contributed by atoms with E-state index in [1.165, 1.54) is 6.26 Å². The average molecular weight is 220 g/mol. The maximum absolute atomic E-state index is 11.5. The van der Waals surface area contributed by atoms with Gasteiger partial charge in [0, 0.05) is 18.6 Å². The molecular formula is C9H20N2O2S. The topological polar surface area (TPSA) is 49.4 Å². The van der Waals surface area contributed by atoms with E-state index in [1.807, 2.05) is 13.8 Å². The summed E-state index contributed by atoms with van der Waals surface area (Å²) in [5, 5.41) is 3.31. The lowest BCUT2D eigenvalue weighted by atomic mass is 10.2. The second-order valence-corrected chi connectivity index (χ2v) is 6.15. The molecule has 1 heterocycles. The lowest BCUT2D eigenvalue weighted by Gasteiger charge is -2.26. The van der Waals surface area contributed by atoms with E-state index in [-0.39, 0.29) is 6.04 Å². The Hall–Kier alpha value is -0.130. The minimum atomic E-state index is -3.06. The Labute approximate surface area is 86.7 Å². The molecule has 84 valence electrons. The van der Waals surface area contributed by atoms with Gasteiger partial charge >= 0.3 is 0 Å². The molecule has 1 aliphatic heterocycles. The van der Waals surface area contributed by atoms with Gasteiger partial charge in [0.05, 0.1) is 6.26 Å². The van der Waals surface area contributed by atoms with Gasteiger partial charge in [-0.1, -0.05) is 0 Å². The Morgan fingerprint density at radius 2 is 2.14 bits per heavy atom. The molecule has 1 N–H and O–H groups in total. The SMILES string of the molecule is CC(C)N(CC1CCCN1)S(C)(=O)=O. The monoisotopic (exact) mass is 220 g/mol. The lowest BCUT2D eigenvalue weighted by molar-refractivity contribution is 0.325. The van der Waals surface area contributed by atoms with Gasteiger partial charge in [-0.25, -0.2) is 8.42 Å². The molecule has 1 unspecified atom stereocenters. The second-order valence-electron chi connectivity index (χ2n) is 4.22. The van der Waals surface area contributed by atoms with Crippen molar-refractivity contribution < 1.29 is 8.42 Å². The summed E-state index contributed by atoms with van der Waals surface area (Å²) in [5.41, 5.74) is 0. The van der Waals surface area contributed by atoms with Crippen LogP contribution in [0.25, 0.3) is 0 Å². The molecule has 1 aliphatic rings. The average Bonchev–Trinajstić information content (AvgIpc) is 2.48. The van der Waals surface area contributed by atoms with Gasteiger partial charge in [0.15, 0.2) is 0 Å². The van der Waals surface area contributed by atoms with Crippen LogP contribution in [0.5, 0.6) is 0 Å². The fourth-order valence-corrected chi connectivity index (χ4v) is 3.08. The van der Waals surface area contributed by atoms with E-state index in [9.17, 15) is 8.42 Å². The first-order valence-electron chi connectivity index (χ1n) is 5.11. The van der Waals surface area contributed by atoms with Crippen molar-refractivity contribution in [2.45, 2.75) is 38.8 Å². The van der Waals surface area contributed by atoms with Gasteiger partial charge in [-0.15, -0.1) is 0 Å². The highest BCUT2D eigenvalue weighted by atomic mass is 32.2. The van der Waals surface area contributed by atoms with Crippen LogP contribution in [0.4, 0.5) is 0 Å². The van der Waals surface area contributed by atoms with Gasteiger partial charge in [-0.05, 0) is 33.2 Å². The van der Waals surface area contributed by atoms with E-state index in [1.54, 1.807) is 4.31 Å². The van der Waals surface area contributed by atoms with Crippen LogP contribution in [0, 0.1) is 0 Å². The Balaban J connectivity index is 2.60. The highest BCUT2D eigenvalue weighted by Gasteiger charge is 2.25. The van der Waals surface area contributed by atoms with Crippen molar-refractivity contribution in [2.24, 2.45) is 0 Å². The Morgan fingerprint density at radius 3 is 2.50 bits per heavy atom. The van der Waals surface area contributed by atoms with E-state index in [0.29, 0.717) is 12.6 Å². The molecule has 1 fully saturated rings. The van der Waals surface area contributed by atoms with Crippen molar-refractivity contribution in [1.82, 2.24) is 9.62 Å². The molecule has 0 saturated carbocycles. The summed E-state index contributed by atoms with van der Waals surface area (Å²) in [6, 6.07) is 0.388. The quantitative estimate of drug-likeness (QED) is 0.746. The predicted molar refractivity (Wildman–Crippen MR) is 57.7 cm³/mol. The van der Waals surface area contributed by atoms with Crippen LogP contribution in [-0.4, -0.2) is 44.2 Å². The van der Waals surface area contributed by atoms with Crippen LogP contribution in [0.3, 0.4) is 0 Å². The molecule has 4 nitrogen and oxygen atoms in total. The molecule has 0 aromatic rings. The molecule has 1 rings (SSSR count). The number of hydrogen-bond donors (Lipinski definition) is 1. The highest BCUT2D eigenvalue weighted by Crippen LogP contribution is 2.11. The van der Waals surface area contributed by atoms with Crippen molar-refractivity contribution >= 4 is 10.0 Å². The van der Waals surface area contributed by atoms with Crippen LogP contribution in [0.15, 0.2) is 0 Å². The number of nitrogens with one attached hydrogen (secondary N) is 1.